The molecule has 0 aliphatic carbocycles. The molecule has 2 N–H and O–H groups in total. The maximum Gasteiger partial charge on any atom is 0.241 e. The van der Waals surface area contributed by atoms with Gasteiger partial charge >= 0.3 is 0 Å². The Hall–Kier alpha value is -2.91. The molecule has 1 aliphatic rings. The molecule has 0 fully saturated rings. The maximum absolute atomic E-state index is 13.1. The average Bonchev–Trinajstić information content (AvgIpc) is 3.10. The maximum atomic E-state index is 13.1. The first kappa shape index (κ1) is 24.7. The van der Waals surface area contributed by atoms with Gasteiger partial charge in [-0.2, -0.15) is 4.72 Å². The Morgan fingerprint density at radius 1 is 1.18 bits per heavy atom. The lowest BCUT2D eigenvalue weighted by Gasteiger charge is -2.22. The number of sulfonamides is 1. The molecule has 0 saturated heterocycles. The molecule has 178 valence electrons. The first-order valence-corrected chi connectivity index (χ1v) is 12.4. The van der Waals surface area contributed by atoms with Gasteiger partial charge < -0.3 is 15.0 Å². The molecule has 2 aromatic rings. The lowest BCUT2D eigenvalue weighted by Crippen LogP contribution is -2.49. The van der Waals surface area contributed by atoms with Gasteiger partial charge in [-0.05, 0) is 49.1 Å². The van der Waals surface area contributed by atoms with Crippen molar-refractivity contribution in [3.63, 3.8) is 0 Å². The van der Waals surface area contributed by atoms with Gasteiger partial charge in [0.1, 0.15) is 11.8 Å². The lowest BCUT2D eigenvalue weighted by atomic mass is 10.0. The third kappa shape index (κ3) is 5.36. The topological polar surface area (TPSA) is 105 Å². The molecule has 3 rings (SSSR count). The van der Waals surface area contributed by atoms with E-state index in [1.54, 1.807) is 44.1 Å². The Morgan fingerprint density at radius 3 is 2.52 bits per heavy atom. The number of nitrogens with zero attached hydrogens (tertiary/aromatic N) is 1. The highest BCUT2D eigenvalue weighted by Crippen LogP contribution is 2.34. The molecule has 1 aliphatic heterocycles. The Bertz CT molecular complexity index is 1150. The Labute approximate surface area is 195 Å². The minimum atomic E-state index is -3.96. The molecule has 2 aromatic carbocycles. The number of benzene rings is 2. The second-order valence-corrected chi connectivity index (χ2v) is 10.3. The zero-order valence-electron chi connectivity index (χ0n) is 19.6. The van der Waals surface area contributed by atoms with Crippen molar-refractivity contribution in [3.05, 3.63) is 53.6 Å². The third-order valence-electron chi connectivity index (χ3n) is 5.79. The van der Waals surface area contributed by atoms with Crippen molar-refractivity contribution in [3.8, 4) is 5.75 Å². The Kier molecular flexibility index (Phi) is 7.44. The summed E-state index contributed by atoms with van der Waals surface area (Å²) in [5, 5.41) is 2.80. The number of carbonyl (C=O) groups is 2. The molecule has 0 radical (unpaired) electrons. The molecule has 8 nitrogen and oxygen atoms in total. The third-order valence-corrected chi connectivity index (χ3v) is 7.23. The van der Waals surface area contributed by atoms with Crippen LogP contribution in [0.2, 0.25) is 0 Å². The number of para-hydroxylation sites is 1. The minimum absolute atomic E-state index is 0.0346. The van der Waals surface area contributed by atoms with Gasteiger partial charge in [-0.25, -0.2) is 8.42 Å². The van der Waals surface area contributed by atoms with E-state index in [0.717, 1.165) is 16.8 Å². The number of carbonyl (C=O) groups excluding carboxylic acids is 2. The molecule has 0 aromatic heterocycles. The Balaban J connectivity index is 1.77. The van der Waals surface area contributed by atoms with Crippen LogP contribution in [-0.4, -0.2) is 39.4 Å². The van der Waals surface area contributed by atoms with Crippen LogP contribution in [-0.2, 0) is 32.6 Å². The predicted molar refractivity (Wildman–Crippen MR) is 127 cm³/mol. The summed E-state index contributed by atoms with van der Waals surface area (Å²) in [4.78, 5) is 26.6. The fraction of sp³-hybridized carbons (Fsp3) is 0.417. The summed E-state index contributed by atoms with van der Waals surface area (Å²) in [7, 11) is -2.41. The summed E-state index contributed by atoms with van der Waals surface area (Å²) in [5.41, 5.74) is 2.31. The fourth-order valence-corrected chi connectivity index (χ4v) is 5.52. The SMILES string of the molecule is COc1ccccc1CNC(=O)[C@@H](NS(=O)(=O)c1ccc2c(c1)C[C@H](C)N2C(C)=O)C(C)C. The molecule has 1 heterocycles. The smallest absolute Gasteiger partial charge is 0.241 e. The lowest BCUT2D eigenvalue weighted by molar-refractivity contribution is -0.123. The highest BCUT2D eigenvalue weighted by Gasteiger charge is 2.32. The minimum Gasteiger partial charge on any atom is -0.496 e. The largest absolute Gasteiger partial charge is 0.496 e. The van der Waals surface area contributed by atoms with E-state index in [1.807, 2.05) is 25.1 Å². The summed E-state index contributed by atoms with van der Waals surface area (Å²) in [6.07, 6.45) is 0.575. The van der Waals surface area contributed by atoms with Gasteiger partial charge in [-0.15, -0.1) is 0 Å². The quantitative estimate of drug-likeness (QED) is 0.613. The number of anilines is 1. The first-order chi connectivity index (χ1) is 15.5. The highest BCUT2D eigenvalue weighted by molar-refractivity contribution is 7.89. The van der Waals surface area contributed by atoms with Gasteiger partial charge in [-0.1, -0.05) is 32.0 Å². The van der Waals surface area contributed by atoms with E-state index in [1.165, 1.54) is 13.0 Å². The van der Waals surface area contributed by atoms with Crippen molar-refractivity contribution in [1.29, 1.82) is 0 Å². The number of fused-ring (bicyclic) bond motifs is 1. The van der Waals surface area contributed by atoms with Crippen LogP contribution in [0.4, 0.5) is 5.69 Å². The standard InChI is InChI=1S/C24H31N3O5S/c1-15(2)23(24(29)25-14-18-8-6-7-9-22(18)32-5)26-33(30,31)20-10-11-21-19(13-20)12-16(3)27(21)17(4)28/h6-11,13,15-16,23,26H,12,14H2,1-5H3,(H,25,29)/t16-,23-/m0/s1. The van der Waals surface area contributed by atoms with Crippen molar-refractivity contribution in [2.24, 2.45) is 5.92 Å². The molecule has 2 amide bonds. The summed E-state index contributed by atoms with van der Waals surface area (Å²) >= 11 is 0. The van der Waals surface area contributed by atoms with Crippen LogP contribution in [0.5, 0.6) is 5.75 Å². The number of hydrogen-bond acceptors (Lipinski definition) is 5. The van der Waals surface area contributed by atoms with E-state index < -0.39 is 22.0 Å². The molecule has 0 unspecified atom stereocenters. The van der Waals surface area contributed by atoms with E-state index in [4.69, 9.17) is 4.74 Å². The van der Waals surface area contributed by atoms with Crippen molar-refractivity contribution in [2.75, 3.05) is 12.0 Å². The Morgan fingerprint density at radius 2 is 1.88 bits per heavy atom. The van der Waals surface area contributed by atoms with Gasteiger partial charge in [0.05, 0.1) is 12.0 Å². The van der Waals surface area contributed by atoms with Crippen LogP contribution in [0.1, 0.15) is 38.8 Å². The molecule has 0 bridgehead atoms. The van der Waals surface area contributed by atoms with E-state index in [0.29, 0.717) is 12.2 Å². The molecule has 2 atom stereocenters. The molecule has 0 spiro atoms. The highest BCUT2D eigenvalue weighted by atomic mass is 32.2. The summed E-state index contributed by atoms with van der Waals surface area (Å²) in [6.45, 7) is 7.20. The van der Waals surface area contributed by atoms with E-state index in [9.17, 15) is 18.0 Å². The number of ether oxygens (including phenoxy) is 1. The summed E-state index contributed by atoms with van der Waals surface area (Å²) < 4.78 is 34.1. The van der Waals surface area contributed by atoms with Crippen molar-refractivity contribution >= 4 is 27.5 Å². The second-order valence-electron chi connectivity index (χ2n) is 8.61. The van der Waals surface area contributed by atoms with Crippen molar-refractivity contribution < 1.29 is 22.7 Å². The molecule has 9 heteroatoms. The first-order valence-electron chi connectivity index (χ1n) is 10.9. The molecular formula is C24H31N3O5S. The normalized spacial score (nSPS) is 16.4. The number of rotatable bonds is 8. The van der Waals surface area contributed by atoms with Crippen LogP contribution >= 0.6 is 0 Å². The van der Waals surface area contributed by atoms with E-state index in [-0.39, 0.29) is 29.3 Å². The van der Waals surface area contributed by atoms with Crippen LogP contribution in [0.3, 0.4) is 0 Å². The van der Waals surface area contributed by atoms with Gasteiger partial charge in [-0.3, -0.25) is 9.59 Å². The van der Waals surface area contributed by atoms with Gasteiger partial charge in [0, 0.05) is 30.8 Å². The molecular weight excluding hydrogens is 442 g/mol. The van der Waals surface area contributed by atoms with Crippen LogP contribution in [0, 0.1) is 5.92 Å². The molecule has 33 heavy (non-hydrogen) atoms. The van der Waals surface area contributed by atoms with Gasteiger partial charge in [0.25, 0.3) is 0 Å². The van der Waals surface area contributed by atoms with E-state index >= 15 is 0 Å². The zero-order chi connectivity index (χ0) is 24.3. The van der Waals surface area contributed by atoms with Crippen LogP contribution < -0.4 is 19.7 Å². The number of nitrogens with one attached hydrogen (secondary N) is 2. The number of hydrogen-bond donors (Lipinski definition) is 2. The van der Waals surface area contributed by atoms with Crippen molar-refractivity contribution in [2.45, 2.75) is 57.6 Å². The second kappa shape index (κ2) is 9.93. The summed E-state index contributed by atoms with van der Waals surface area (Å²) in [5.74, 6) is -0.134. The zero-order valence-corrected chi connectivity index (χ0v) is 20.4. The molecule has 0 saturated carbocycles. The van der Waals surface area contributed by atoms with E-state index in [2.05, 4.69) is 10.0 Å². The van der Waals surface area contributed by atoms with Crippen LogP contribution in [0.15, 0.2) is 47.4 Å². The van der Waals surface area contributed by atoms with Gasteiger partial charge in [0.15, 0.2) is 0 Å². The summed E-state index contributed by atoms with van der Waals surface area (Å²) in [6, 6.07) is 11.0. The monoisotopic (exact) mass is 473 g/mol. The number of amides is 2. The predicted octanol–water partition coefficient (Wildman–Crippen LogP) is 2.61. The van der Waals surface area contributed by atoms with Crippen molar-refractivity contribution in [1.82, 2.24) is 10.0 Å². The number of methoxy groups -OCH3 is 1. The van der Waals surface area contributed by atoms with Gasteiger partial charge in [0.2, 0.25) is 21.8 Å². The average molecular weight is 474 g/mol. The fourth-order valence-electron chi connectivity index (χ4n) is 4.12. The van der Waals surface area contributed by atoms with Crippen LogP contribution in [0.25, 0.3) is 0 Å².